The highest BCUT2D eigenvalue weighted by atomic mass is 32.2. The van der Waals surface area contributed by atoms with Gasteiger partial charge in [-0.15, -0.1) is 11.8 Å². The molecular weight excluding hydrogens is 276 g/mol. The summed E-state index contributed by atoms with van der Waals surface area (Å²) in [6.45, 7) is 2.70. The van der Waals surface area contributed by atoms with Crippen molar-refractivity contribution in [3.8, 4) is 0 Å². The number of aliphatic imine (C=N–C) groups is 1. The summed E-state index contributed by atoms with van der Waals surface area (Å²) >= 11 is 1.79. The minimum absolute atomic E-state index is 0.00526. The summed E-state index contributed by atoms with van der Waals surface area (Å²) in [5, 5.41) is 4.65. The third kappa shape index (κ3) is 2.76. The Labute approximate surface area is 122 Å². The maximum absolute atomic E-state index is 11.4. The molecule has 0 amide bonds. The molecule has 20 heavy (non-hydrogen) atoms. The van der Waals surface area contributed by atoms with Gasteiger partial charge in [-0.1, -0.05) is 6.08 Å². The number of rotatable bonds is 3. The standard InChI is InChI=1S/C14H18N2O3S/c1-8-16-11-5-9(3-4-13(11)20-8)19-10-6-12(15-7-10)14(17)18-2/h3-5,10-13,15H,6-7H2,1-2H3/t10-,11-,12+,13+/m1/s1. The van der Waals surface area contributed by atoms with E-state index in [4.69, 9.17) is 9.47 Å². The van der Waals surface area contributed by atoms with Crippen molar-refractivity contribution in [2.75, 3.05) is 13.7 Å². The smallest absolute Gasteiger partial charge is 0.323 e. The van der Waals surface area contributed by atoms with Gasteiger partial charge in [0.1, 0.15) is 17.9 Å². The second-order valence-corrected chi connectivity index (χ2v) is 6.48. The van der Waals surface area contributed by atoms with Crippen molar-refractivity contribution < 1.29 is 14.3 Å². The molecule has 3 aliphatic rings. The first-order chi connectivity index (χ1) is 9.65. The van der Waals surface area contributed by atoms with E-state index in [2.05, 4.69) is 22.5 Å². The van der Waals surface area contributed by atoms with Gasteiger partial charge >= 0.3 is 5.97 Å². The zero-order chi connectivity index (χ0) is 14.1. The molecule has 0 radical (unpaired) electrons. The van der Waals surface area contributed by atoms with Crippen LogP contribution in [0.25, 0.3) is 0 Å². The van der Waals surface area contributed by atoms with Crippen LogP contribution in [-0.4, -0.2) is 48.1 Å². The molecule has 2 heterocycles. The fourth-order valence-corrected chi connectivity index (χ4v) is 3.68. The van der Waals surface area contributed by atoms with E-state index in [0.717, 1.165) is 10.8 Å². The van der Waals surface area contributed by atoms with E-state index < -0.39 is 0 Å². The highest BCUT2D eigenvalue weighted by Crippen LogP contribution is 2.33. The first-order valence-corrected chi connectivity index (χ1v) is 7.62. The summed E-state index contributed by atoms with van der Waals surface area (Å²) in [5.74, 6) is 0.624. The molecule has 4 atom stereocenters. The summed E-state index contributed by atoms with van der Waals surface area (Å²) in [5.41, 5.74) is 0. The van der Waals surface area contributed by atoms with Crippen molar-refractivity contribution in [1.29, 1.82) is 0 Å². The third-order valence-corrected chi connectivity index (χ3v) is 4.79. The molecule has 1 fully saturated rings. The molecule has 0 unspecified atom stereocenters. The van der Waals surface area contributed by atoms with Crippen LogP contribution in [0.15, 0.2) is 29.0 Å². The van der Waals surface area contributed by atoms with E-state index in [1.54, 1.807) is 11.8 Å². The maximum Gasteiger partial charge on any atom is 0.323 e. The van der Waals surface area contributed by atoms with E-state index in [-0.39, 0.29) is 24.2 Å². The number of nitrogens with one attached hydrogen (secondary N) is 1. The van der Waals surface area contributed by atoms with Gasteiger partial charge in [0, 0.05) is 13.0 Å². The number of hydrogen-bond acceptors (Lipinski definition) is 6. The molecule has 0 aromatic rings. The number of methoxy groups -OCH3 is 1. The molecule has 1 N–H and O–H groups in total. The molecule has 6 heteroatoms. The Balaban J connectivity index is 1.58. The molecule has 5 nitrogen and oxygen atoms in total. The number of nitrogens with zero attached hydrogens (tertiary/aromatic N) is 1. The Morgan fingerprint density at radius 1 is 1.55 bits per heavy atom. The van der Waals surface area contributed by atoms with Crippen molar-refractivity contribution in [2.24, 2.45) is 4.99 Å². The third-order valence-electron chi connectivity index (χ3n) is 3.64. The second kappa shape index (κ2) is 5.61. The number of thioether (sulfide) groups is 1. The first kappa shape index (κ1) is 13.7. The number of fused-ring (bicyclic) bond motifs is 1. The predicted molar refractivity (Wildman–Crippen MR) is 78.8 cm³/mol. The molecule has 2 aliphatic heterocycles. The van der Waals surface area contributed by atoms with Crippen molar-refractivity contribution in [3.63, 3.8) is 0 Å². The number of hydrogen-bond donors (Lipinski definition) is 1. The van der Waals surface area contributed by atoms with Gasteiger partial charge in [0.15, 0.2) is 0 Å². The van der Waals surface area contributed by atoms with Crippen molar-refractivity contribution >= 4 is 22.8 Å². The molecule has 108 valence electrons. The number of carbonyl (C=O) groups is 1. The van der Waals surface area contributed by atoms with Crippen LogP contribution >= 0.6 is 11.8 Å². The minimum Gasteiger partial charge on any atom is -0.489 e. The number of allylic oxidation sites excluding steroid dienone is 1. The highest BCUT2D eigenvalue weighted by Gasteiger charge is 2.33. The van der Waals surface area contributed by atoms with Gasteiger partial charge < -0.3 is 14.8 Å². The fraction of sp³-hybridized carbons (Fsp3) is 0.571. The Kier molecular flexibility index (Phi) is 3.85. The second-order valence-electron chi connectivity index (χ2n) is 5.11. The highest BCUT2D eigenvalue weighted by molar-refractivity contribution is 8.14. The lowest BCUT2D eigenvalue weighted by Crippen LogP contribution is -2.31. The van der Waals surface area contributed by atoms with Gasteiger partial charge in [0.05, 0.1) is 23.4 Å². The molecule has 0 spiro atoms. The van der Waals surface area contributed by atoms with Gasteiger partial charge in [-0.3, -0.25) is 9.79 Å². The van der Waals surface area contributed by atoms with Crippen LogP contribution in [0.5, 0.6) is 0 Å². The summed E-state index contributed by atoms with van der Waals surface area (Å²) in [6, 6.07) is -0.0704. The van der Waals surface area contributed by atoms with Crippen LogP contribution in [0.4, 0.5) is 0 Å². The van der Waals surface area contributed by atoms with Gasteiger partial charge in [-0.2, -0.15) is 0 Å². The summed E-state index contributed by atoms with van der Waals surface area (Å²) in [7, 11) is 1.41. The van der Waals surface area contributed by atoms with Crippen LogP contribution in [0.1, 0.15) is 13.3 Å². The Morgan fingerprint density at radius 3 is 3.20 bits per heavy atom. The van der Waals surface area contributed by atoms with E-state index in [1.807, 2.05) is 13.0 Å². The molecule has 1 saturated heterocycles. The Bertz CT molecular complexity index is 501. The van der Waals surface area contributed by atoms with Gasteiger partial charge in [0.25, 0.3) is 0 Å². The topological polar surface area (TPSA) is 59.9 Å². The van der Waals surface area contributed by atoms with Crippen LogP contribution in [0.3, 0.4) is 0 Å². The Morgan fingerprint density at radius 2 is 2.40 bits per heavy atom. The molecule has 1 aliphatic carbocycles. The fourth-order valence-electron chi connectivity index (χ4n) is 2.67. The molecule has 3 rings (SSSR count). The molecule has 0 aromatic carbocycles. The largest absolute Gasteiger partial charge is 0.489 e. The zero-order valence-corrected chi connectivity index (χ0v) is 12.4. The zero-order valence-electron chi connectivity index (χ0n) is 11.5. The number of ether oxygens (including phenoxy) is 2. The van der Waals surface area contributed by atoms with Crippen molar-refractivity contribution in [2.45, 2.75) is 36.8 Å². The SMILES string of the molecule is COC(=O)[C@@H]1C[C@@H](OC2=C[C@H]3N=C(C)S[C@H]3C=C2)CN1. The monoisotopic (exact) mass is 294 g/mol. The van der Waals surface area contributed by atoms with Crippen LogP contribution < -0.4 is 5.32 Å². The summed E-state index contributed by atoms with van der Waals surface area (Å²) in [6.07, 6.45) is 6.87. The average Bonchev–Trinajstić information content (AvgIpc) is 3.03. The molecule has 0 bridgehead atoms. The van der Waals surface area contributed by atoms with Crippen LogP contribution in [-0.2, 0) is 14.3 Å². The first-order valence-electron chi connectivity index (χ1n) is 6.74. The lowest BCUT2D eigenvalue weighted by Gasteiger charge is -2.20. The molecular formula is C14H18N2O3S. The Hall–Kier alpha value is -1.27. The number of esters is 1. The normalized spacial score (nSPS) is 35.3. The molecule has 0 aromatic heterocycles. The predicted octanol–water partition coefficient (Wildman–Crippen LogP) is 1.26. The average molecular weight is 294 g/mol. The van der Waals surface area contributed by atoms with E-state index in [1.165, 1.54) is 7.11 Å². The summed E-state index contributed by atoms with van der Waals surface area (Å²) in [4.78, 5) is 16.0. The van der Waals surface area contributed by atoms with E-state index >= 15 is 0 Å². The van der Waals surface area contributed by atoms with Gasteiger partial charge in [-0.05, 0) is 19.1 Å². The van der Waals surface area contributed by atoms with E-state index in [0.29, 0.717) is 18.2 Å². The quantitative estimate of drug-likeness (QED) is 0.794. The van der Waals surface area contributed by atoms with Crippen molar-refractivity contribution in [3.05, 3.63) is 24.0 Å². The van der Waals surface area contributed by atoms with Crippen molar-refractivity contribution in [1.82, 2.24) is 5.32 Å². The minimum atomic E-state index is -0.256. The van der Waals surface area contributed by atoms with Gasteiger partial charge in [-0.25, -0.2) is 0 Å². The van der Waals surface area contributed by atoms with Crippen LogP contribution in [0, 0.1) is 0 Å². The molecule has 0 saturated carbocycles. The maximum atomic E-state index is 11.4. The van der Waals surface area contributed by atoms with E-state index in [9.17, 15) is 4.79 Å². The number of carbonyl (C=O) groups excluding carboxylic acids is 1. The summed E-state index contributed by atoms with van der Waals surface area (Å²) < 4.78 is 10.7. The van der Waals surface area contributed by atoms with Gasteiger partial charge in [0.2, 0.25) is 0 Å². The lowest BCUT2D eigenvalue weighted by atomic mass is 10.1. The van der Waals surface area contributed by atoms with Crippen LogP contribution in [0.2, 0.25) is 0 Å². The lowest BCUT2D eigenvalue weighted by molar-refractivity contribution is -0.142.